The van der Waals surface area contributed by atoms with Gasteiger partial charge in [0, 0.05) is 38.4 Å². The molecule has 0 unspecified atom stereocenters. The van der Waals surface area contributed by atoms with Gasteiger partial charge in [-0.15, -0.1) is 0 Å². The Kier molecular flexibility index (Phi) is 7.54. The highest BCUT2D eigenvalue weighted by Crippen LogP contribution is 2.44. The maximum absolute atomic E-state index is 5.36. The third kappa shape index (κ3) is 5.12. The normalized spacial score (nSPS) is 11.9. The molecule has 13 rings (SSSR count). The van der Waals surface area contributed by atoms with E-state index in [9.17, 15) is 0 Å². The molecule has 0 bridgehead atoms. The number of hydrogen-bond acceptors (Lipinski definition) is 3. The van der Waals surface area contributed by atoms with Gasteiger partial charge >= 0.3 is 0 Å². The largest absolute Gasteiger partial charge is 0.309 e. The minimum atomic E-state index is 0.569. The van der Waals surface area contributed by atoms with Crippen LogP contribution in [0.15, 0.2) is 212 Å². The lowest BCUT2D eigenvalue weighted by atomic mass is 9.94. The van der Waals surface area contributed by atoms with E-state index in [-0.39, 0.29) is 0 Å². The number of aromatic nitrogens is 5. The van der Waals surface area contributed by atoms with Crippen molar-refractivity contribution >= 4 is 75.9 Å². The van der Waals surface area contributed by atoms with Crippen molar-refractivity contribution in [1.29, 1.82) is 0 Å². The Morgan fingerprint density at radius 1 is 0.274 bits per heavy atom. The van der Waals surface area contributed by atoms with Gasteiger partial charge in [-0.3, -0.25) is 4.57 Å². The first kappa shape index (κ1) is 34.5. The third-order valence-corrected chi connectivity index (χ3v) is 12.6. The van der Waals surface area contributed by atoms with E-state index in [0.29, 0.717) is 17.6 Å². The molecule has 0 amide bonds. The van der Waals surface area contributed by atoms with Crippen LogP contribution in [0, 0.1) is 0 Å². The molecule has 0 N–H and O–H groups in total. The molecule has 0 spiro atoms. The van der Waals surface area contributed by atoms with Crippen LogP contribution in [0.2, 0.25) is 0 Å². The van der Waals surface area contributed by atoms with E-state index in [1.807, 2.05) is 24.3 Å². The topological polar surface area (TPSA) is 48.5 Å². The summed E-state index contributed by atoms with van der Waals surface area (Å²) in [4.78, 5) is 15.8. The second-order valence-electron chi connectivity index (χ2n) is 15.9. The van der Waals surface area contributed by atoms with Crippen LogP contribution in [0.5, 0.6) is 0 Å². The molecule has 288 valence electrons. The Morgan fingerprint density at radius 2 is 0.726 bits per heavy atom. The maximum Gasteiger partial charge on any atom is 0.238 e. The lowest BCUT2D eigenvalue weighted by molar-refractivity contribution is 0.954. The molecular formula is C57H35N5. The molecule has 5 heteroatoms. The van der Waals surface area contributed by atoms with Crippen molar-refractivity contribution in [3.05, 3.63) is 212 Å². The van der Waals surface area contributed by atoms with Gasteiger partial charge in [0.2, 0.25) is 5.95 Å². The third-order valence-electron chi connectivity index (χ3n) is 12.6. The highest BCUT2D eigenvalue weighted by molar-refractivity contribution is 6.29. The van der Waals surface area contributed by atoms with Gasteiger partial charge in [-0.05, 0) is 79.8 Å². The van der Waals surface area contributed by atoms with Crippen LogP contribution in [0.25, 0.3) is 121 Å². The predicted molar refractivity (Wildman–Crippen MR) is 257 cm³/mol. The Hall–Kier alpha value is -8.41. The number of para-hydroxylation sites is 2. The summed E-state index contributed by atoms with van der Waals surface area (Å²) < 4.78 is 4.67. The van der Waals surface area contributed by atoms with Gasteiger partial charge in [0.15, 0.2) is 11.6 Å². The quantitative estimate of drug-likeness (QED) is 0.163. The number of fused-ring (bicyclic) bond motifs is 13. The first-order chi connectivity index (χ1) is 30.8. The Morgan fingerprint density at radius 3 is 1.35 bits per heavy atom. The SMILES string of the molecule is c1ccc(-c2nc(-c3ccccc3-c3ccccc3)nc(-n3c4ccccc4c4c5c6ccccc6n(-c6ccc7c8ccccc8c8ccccc8c7c6)c5ccc43)n2)cc1. The van der Waals surface area contributed by atoms with Gasteiger partial charge in [0.1, 0.15) is 0 Å². The van der Waals surface area contributed by atoms with Crippen molar-refractivity contribution in [2.24, 2.45) is 0 Å². The Bertz CT molecular complexity index is 3880. The molecule has 0 radical (unpaired) electrons. The fraction of sp³-hybridized carbons (Fsp3) is 0. The second kappa shape index (κ2) is 13.6. The summed E-state index contributed by atoms with van der Waals surface area (Å²) in [5, 5.41) is 12.3. The van der Waals surface area contributed by atoms with E-state index in [0.717, 1.165) is 60.8 Å². The van der Waals surface area contributed by atoms with Gasteiger partial charge < -0.3 is 4.57 Å². The predicted octanol–water partition coefficient (Wildman–Crippen LogP) is 14.5. The lowest BCUT2D eigenvalue weighted by Crippen LogP contribution is -2.06. The molecule has 0 fully saturated rings. The van der Waals surface area contributed by atoms with E-state index in [4.69, 9.17) is 15.0 Å². The van der Waals surface area contributed by atoms with Gasteiger partial charge in [0.25, 0.3) is 0 Å². The van der Waals surface area contributed by atoms with E-state index >= 15 is 0 Å². The van der Waals surface area contributed by atoms with E-state index in [2.05, 4.69) is 197 Å². The molecule has 0 saturated carbocycles. The van der Waals surface area contributed by atoms with Crippen LogP contribution in [-0.2, 0) is 0 Å². The van der Waals surface area contributed by atoms with Crippen LogP contribution in [0.3, 0.4) is 0 Å². The standard InChI is InChI=1S/C57H35N5/c1-3-17-36(18-4-1)39-21-7-12-26-45(39)56-58-55(37-19-5-2-6-20-37)59-57(60-56)62-50-30-16-14-28-47(50)54-52(62)34-33-51-53(54)46-27-13-15-29-49(46)61(51)38-31-32-44-42-24-9-8-22-40(42)41-23-10-11-25-43(41)48(44)35-38/h1-35H. The number of benzene rings is 10. The molecule has 0 saturated heterocycles. The highest BCUT2D eigenvalue weighted by atomic mass is 15.2. The van der Waals surface area contributed by atoms with Gasteiger partial charge in [0.05, 0.1) is 22.1 Å². The van der Waals surface area contributed by atoms with E-state index < -0.39 is 0 Å². The van der Waals surface area contributed by atoms with Crippen molar-refractivity contribution in [3.63, 3.8) is 0 Å². The average molecular weight is 790 g/mol. The van der Waals surface area contributed by atoms with Crippen LogP contribution in [0.4, 0.5) is 0 Å². The Labute approximate surface area is 356 Å². The minimum Gasteiger partial charge on any atom is -0.309 e. The molecular weight excluding hydrogens is 755 g/mol. The fourth-order valence-electron chi connectivity index (χ4n) is 9.90. The molecule has 13 aromatic rings. The number of nitrogens with zero attached hydrogens (tertiary/aromatic N) is 5. The van der Waals surface area contributed by atoms with Crippen molar-refractivity contribution in [1.82, 2.24) is 24.1 Å². The highest BCUT2D eigenvalue weighted by Gasteiger charge is 2.23. The van der Waals surface area contributed by atoms with Crippen LogP contribution in [-0.4, -0.2) is 24.1 Å². The van der Waals surface area contributed by atoms with Crippen molar-refractivity contribution in [2.75, 3.05) is 0 Å². The van der Waals surface area contributed by atoms with Crippen LogP contribution in [0.1, 0.15) is 0 Å². The maximum atomic E-state index is 5.36. The molecule has 0 aliphatic rings. The second-order valence-corrected chi connectivity index (χ2v) is 15.9. The summed E-state index contributed by atoms with van der Waals surface area (Å²) in [6.07, 6.45) is 0. The van der Waals surface area contributed by atoms with Crippen molar-refractivity contribution in [3.8, 4) is 45.5 Å². The number of hydrogen-bond donors (Lipinski definition) is 0. The zero-order valence-corrected chi connectivity index (χ0v) is 33.4. The molecule has 0 aliphatic heterocycles. The minimum absolute atomic E-state index is 0.569. The summed E-state index contributed by atoms with van der Waals surface area (Å²) in [6.45, 7) is 0. The summed E-state index contributed by atoms with van der Waals surface area (Å²) in [5.41, 5.74) is 9.53. The summed E-state index contributed by atoms with van der Waals surface area (Å²) in [5.74, 6) is 1.81. The molecule has 62 heavy (non-hydrogen) atoms. The molecule has 5 nitrogen and oxygen atoms in total. The van der Waals surface area contributed by atoms with E-state index in [1.54, 1.807) is 0 Å². The van der Waals surface area contributed by atoms with Gasteiger partial charge in [-0.2, -0.15) is 9.97 Å². The van der Waals surface area contributed by atoms with Crippen molar-refractivity contribution in [2.45, 2.75) is 0 Å². The van der Waals surface area contributed by atoms with E-state index in [1.165, 1.54) is 43.1 Å². The molecule has 0 aliphatic carbocycles. The summed E-state index contributed by atoms with van der Waals surface area (Å²) in [7, 11) is 0. The first-order valence-electron chi connectivity index (χ1n) is 21.0. The molecule has 10 aromatic carbocycles. The molecule has 3 aromatic heterocycles. The molecule has 0 atom stereocenters. The fourth-order valence-corrected chi connectivity index (χ4v) is 9.90. The smallest absolute Gasteiger partial charge is 0.238 e. The first-order valence-corrected chi connectivity index (χ1v) is 21.0. The van der Waals surface area contributed by atoms with Crippen LogP contribution < -0.4 is 0 Å². The monoisotopic (exact) mass is 789 g/mol. The van der Waals surface area contributed by atoms with Gasteiger partial charge in [-0.1, -0.05) is 176 Å². The molecule has 3 heterocycles. The number of rotatable bonds is 5. The average Bonchev–Trinajstić information content (AvgIpc) is 3.87. The lowest BCUT2D eigenvalue weighted by Gasteiger charge is -2.14. The van der Waals surface area contributed by atoms with Crippen molar-refractivity contribution < 1.29 is 0 Å². The summed E-state index contributed by atoms with van der Waals surface area (Å²) in [6, 6.07) is 75.6. The zero-order chi connectivity index (χ0) is 40.7. The zero-order valence-electron chi connectivity index (χ0n) is 33.4. The Balaban J connectivity index is 1.09. The van der Waals surface area contributed by atoms with Gasteiger partial charge in [-0.25, -0.2) is 4.98 Å². The van der Waals surface area contributed by atoms with Crippen LogP contribution >= 0.6 is 0 Å². The summed E-state index contributed by atoms with van der Waals surface area (Å²) >= 11 is 0.